The second kappa shape index (κ2) is 5.62. The highest BCUT2D eigenvalue weighted by Gasteiger charge is 2.28. The third-order valence-electron chi connectivity index (χ3n) is 3.93. The van der Waals surface area contributed by atoms with E-state index in [1.807, 2.05) is 24.3 Å². The molecular weight excluding hydrogens is 300 g/mol. The molecule has 0 aromatic heterocycles. The highest BCUT2D eigenvalue weighted by atomic mass is 32.2. The van der Waals surface area contributed by atoms with Crippen LogP contribution < -0.4 is 10.5 Å². The van der Waals surface area contributed by atoms with Crippen LogP contribution in [0.1, 0.15) is 11.1 Å². The number of hydrogen-bond acceptors (Lipinski definition) is 4. The molecule has 0 atom stereocenters. The Labute approximate surface area is 130 Å². The number of ether oxygens (including phenoxy) is 1. The Balaban J connectivity index is 1.93. The second-order valence-electron chi connectivity index (χ2n) is 5.26. The minimum Gasteiger partial charge on any atom is -0.495 e. The van der Waals surface area contributed by atoms with Gasteiger partial charge in [0.1, 0.15) is 5.75 Å². The molecule has 0 saturated carbocycles. The monoisotopic (exact) mass is 318 g/mol. The van der Waals surface area contributed by atoms with Crippen LogP contribution in [0.4, 0.5) is 5.69 Å². The van der Waals surface area contributed by atoms with E-state index in [1.165, 1.54) is 29.1 Å². The number of benzene rings is 2. The Hall–Kier alpha value is -2.05. The molecule has 0 unspecified atom stereocenters. The van der Waals surface area contributed by atoms with Crippen molar-refractivity contribution in [2.75, 3.05) is 19.4 Å². The Morgan fingerprint density at radius 2 is 1.86 bits per heavy atom. The van der Waals surface area contributed by atoms with Gasteiger partial charge in [-0.05, 0) is 35.7 Å². The minimum absolute atomic E-state index is 0.199. The maximum absolute atomic E-state index is 12.8. The fourth-order valence-electron chi connectivity index (χ4n) is 2.70. The Morgan fingerprint density at radius 3 is 2.55 bits per heavy atom. The number of nitrogens with two attached hydrogens (primary N) is 1. The Kier molecular flexibility index (Phi) is 3.80. The first kappa shape index (κ1) is 14.9. The maximum Gasteiger partial charge on any atom is 0.243 e. The van der Waals surface area contributed by atoms with Crippen molar-refractivity contribution in [2.24, 2.45) is 0 Å². The van der Waals surface area contributed by atoms with Gasteiger partial charge in [0.25, 0.3) is 0 Å². The summed E-state index contributed by atoms with van der Waals surface area (Å²) >= 11 is 0. The summed E-state index contributed by atoms with van der Waals surface area (Å²) in [5.74, 6) is 0.475. The first-order valence-corrected chi connectivity index (χ1v) is 8.47. The van der Waals surface area contributed by atoms with Crippen molar-refractivity contribution >= 4 is 15.7 Å². The van der Waals surface area contributed by atoms with E-state index in [0.29, 0.717) is 24.5 Å². The molecule has 22 heavy (non-hydrogen) atoms. The van der Waals surface area contributed by atoms with Crippen LogP contribution in [-0.2, 0) is 23.0 Å². The van der Waals surface area contributed by atoms with Gasteiger partial charge in [-0.1, -0.05) is 24.3 Å². The van der Waals surface area contributed by atoms with Gasteiger partial charge in [-0.15, -0.1) is 0 Å². The number of nitrogen functional groups attached to an aromatic ring is 1. The molecule has 1 aliphatic rings. The minimum atomic E-state index is -3.55. The first-order chi connectivity index (χ1) is 10.5. The van der Waals surface area contributed by atoms with E-state index in [2.05, 4.69) is 0 Å². The summed E-state index contributed by atoms with van der Waals surface area (Å²) in [4.78, 5) is 0.199. The zero-order valence-electron chi connectivity index (χ0n) is 12.3. The smallest absolute Gasteiger partial charge is 0.243 e. The molecule has 2 aromatic carbocycles. The summed E-state index contributed by atoms with van der Waals surface area (Å²) in [6.07, 6.45) is 0.723. The zero-order valence-corrected chi connectivity index (χ0v) is 13.1. The SMILES string of the molecule is COc1ccc(S(=O)(=O)N2CCc3ccccc3C2)cc1N. The van der Waals surface area contributed by atoms with Crippen molar-refractivity contribution in [2.45, 2.75) is 17.9 Å². The van der Waals surface area contributed by atoms with Crippen LogP contribution in [0.2, 0.25) is 0 Å². The summed E-state index contributed by atoms with van der Waals surface area (Å²) < 4.78 is 32.1. The molecule has 0 spiro atoms. The molecule has 2 N–H and O–H groups in total. The predicted molar refractivity (Wildman–Crippen MR) is 85.1 cm³/mol. The zero-order chi connectivity index (χ0) is 15.7. The van der Waals surface area contributed by atoms with Crippen molar-refractivity contribution in [1.82, 2.24) is 4.31 Å². The molecule has 0 fully saturated rings. The summed E-state index contributed by atoms with van der Waals surface area (Å²) in [6, 6.07) is 12.5. The van der Waals surface area contributed by atoms with Gasteiger partial charge in [0.05, 0.1) is 17.7 Å². The molecule has 116 valence electrons. The highest BCUT2D eigenvalue weighted by Crippen LogP contribution is 2.29. The predicted octanol–water partition coefficient (Wildman–Crippen LogP) is 2.02. The van der Waals surface area contributed by atoms with Crippen molar-refractivity contribution in [3.8, 4) is 5.75 Å². The molecule has 1 heterocycles. The van der Waals surface area contributed by atoms with E-state index < -0.39 is 10.0 Å². The van der Waals surface area contributed by atoms with Gasteiger partial charge in [0, 0.05) is 13.1 Å². The number of rotatable bonds is 3. The van der Waals surface area contributed by atoms with Gasteiger partial charge >= 0.3 is 0 Å². The van der Waals surface area contributed by atoms with Crippen LogP contribution in [0.3, 0.4) is 0 Å². The molecule has 2 aromatic rings. The molecule has 0 aliphatic carbocycles. The Morgan fingerprint density at radius 1 is 1.14 bits per heavy atom. The quantitative estimate of drug-likeness (QED) is 0.879. The third-order valence-corrected chi connectivity index (χ3v) is 5.78. The van der Waals surface area contributed by atoms with E-state index in [-0.39, 0.29) is 4.90 Å². The average molecular weight is 318 g/mol. The van der Waals surface area contributed by atoms with Crippen LogP contribution in [0.25, 0.3) is 0 Å². The van der Waals surface area contributed by atoms with Crippen LogP contribution >= 0.6 is 0 Å². The summed E-state index contributed by atoms with van der Waals surface area (Å²) in [7, 11) is -2.05. The van der Waals surface area contributed by atoms with E-state index in [0.717, 1.165) is 12.0 Å². The van der Waals surface area contributed by atoms with Crippen molar-refractivity contribution in [3.63, 3.8) is 0 Å². The lowest BCUT2D eigenvalue weighted by Gasteiger charge is -2.28. The summed E-state index contributed by atoms with van der Waals surface area (Å²) in [6.45, 7) is 0.871. The lowest BCUT2D eigenvalue weighted by molar-refractivity contribution is 0.391. The van der Waals surface area contributed by atoms with Crippen LogP contribution in [-0.4, -0.2) is 26.4 Å². The fraction of sp³-hybridized carbons (Fsp3) is 0.250. The average Bonchev–Trinajstić information content (AvgIpc) is 2.54. The number of methoxy groups -OCH3 is 1. The summed E-state index contributed by atoms with van der Waals surface area (Å²) in [5.41, 5.74) is 8.41. The molecule has 6 heteroatoms. The van der Waals surface area contributed by atoms with Gasteiger partial charge in [0.2, 0.25) is 10.0 Å². The highest BCUT2D eigenvalue weighted by molar-refractivity contribution is 7.89. The van der Waals surface area contributed by atoms with Crippen molar-refractivity contribution in [1.29, 1.82) is 0 Å². The van der Waals surface area contributed by atoms with Gasteiger partial charge < -0.3 is 10.5 Å². The van der Waals surface area contributed by atoms with Gasteiger partial charge in [0.15, 0.2) is 0 Å². The molecule has 0 radical (unpaired) electrons. The van der Waals surface area contributed by atoms with E-state index >= 15 is 0 Å². The number of sulfonamides is 1. The van der Waals surface area contributed by atoms with E-state index in [9.17, 15) is 8.42 Å². The number of nitrogens with zero attached hydrogens (tertiary/aromatic N) is 1. The Bertz CT molecular complexity index is 803. The molecule has 3 rings (SSSR count). The van der Waals surface area contributed by atoms with E-state index in [4.69, 9.17) is 10.5 Å². The standard InChI is InChI=1S/C16H18N2O3S/c1-21-16-7-6-14(10-15(16)17)22(19,20)18-9-8-12-4-2-3-5-13(12)11-18/h2-7,10H,8-9,11,17H2,1H3. The van der Waals surface area contributed by atoms with Crippen molar-refractivity contribution < 1.29 is 13.2 Å². The lowest BCUT2D eigenvalue weighted by Crippen LogP contribution is -2.35. The maximum atomic E-state index is 12.8. The van der Waals surface area contributed by atoms with Crippen LogP contribution in [0.15, 0.2) is 47.4 Å². The van der Waals surface area contributed by atoms with Gasteiger partial charge in [-0.3, -0.25) is 0 Å². The molecule has 0 amide bonds. The molecular formula is C16H18N2O3S. The molecule has 5 nitrogen and oxygen atoms in total. The molecule has 0 bridgehead atoms. The fourth-order valence-corrected chi connectivity index (χ4v) is 4.15. The van der Waals surface area contributed by atoms with Crippen LogP contribution in [0.5, 0.6) is 5.75 Å². The largest absolute Gasteiger partial charge is 0.495 e. The van der Waals surface area contributed by atoms with E-state index in [1.54, 1.807) is 6.07 Å². The number of anilines is 1. The molecule has 0 saturated heterocycles. The topological polar surface area (TPSA) is 72.6 Å². The number of hydrogen-bond donors (Lipinski definition) is 1. The molecule has 1 aliphatic heterocycles. The summed E-state index contributed by atoms with van der Waals surface area (Å²) in [5, 5.41) is 0. The van der Waals surface area contributed by atoms with Gasteiger partial charge in [-0.2, -0.15) is 4.31 Å². The van der Waals surface area contributed by atoms with Gasteiger partial charge in [-0.25, -0.2) is 8.42 Å². The lowest BCUT2D eigenvalue weighted by atomic mass is 10.0. The third kappa shape index (κ3) is 2.55. The normalized spacial score (nSPS) is 15.3. The number of fused-ring (bicyclic) bond motifs is 1. The second-order valence-corrected chi connectivity index (χ2v) is 7.20. The van der Waals surface area contributed by atoms with Crippen molar-refractivity contribution in [3.05, 3.63) is 53.6 Å². The van der Waals surface area contributed by atoms with Crippen LogP contribution in [0, 0.1) is 0 Å². The first-order valence-electron chi connectivity index (χ1n) is 7.03.